The van der Waals surface area contributed by atoms with E-state index in [1.807, 2.05) is 0 Å². The van der Waals surface area contributed by atoms with Crippen molar-refractivity contribution in [2.24, 2.45) is 5.16 Å². The molecule has 6 nitrogen and oxygen atoms in total. The minimum Gasteiger partial charge on any atom is -0.476 e. The van der Waals surface area contributed by atoms with E-state index in [9.17, 15) is 4.79 Å². The number of carboxylic acids is 1. The SMILES string of the molecule is O=C(O)C1=NOC=Cn2nccc21. The first-order valence-electron chi connectivity index (χ1n) is 3.46. The summed E-state index contributed by atoms with van der Waals surface area (Å²) in [6.45, 7) is 0. The molecule has 1 N–H and O–H groups in total. The van der Waals surface area contributed by atoms with E-state index in [2.05, 4.69) is 15.1 Å². The number of oxime groups is 1. The minimum atomic E-state index is -1.15. The van der Waals surface area contributed by atoms with Gasteiger partial charge in [0.25, 0.3) is 0 Å². The van der Waals surface area contributed by atoms with Gasteiger partial charge >= 0.3 is 5.97 Å². The van der Waals surface area contributed by atoms with E-state index in [4.69, 9.17) is 5.11 Å². The molecule has 13 heavy (non-hydrogen) atoms. The number of aromatic nitrogens is 2. The average Bonchev–Trinajstić information content (AvgIpc) is 2.44. The zero-order valence-electron chi connectivity index (χ0n) is 6.41. The summed E-state index contributed by atoms with van der Waals surface area (Å²) in [5, 5.41) is 16.0. The van der Waals surface area contributed by atoms with Gasteiger partial charge in [-0.2, -0.15) is 5.10 Å². The lowest BCUT2D eigenvalue weighted by atomic mass is 10.3. The van der Waals surface area contributed by atoms with Gasteiger partial charge in [-0.05, 0) is 6.07 Å². The molecule has 1 aromatic heterocycles. The van der Waals surface area contributed by atoms with Crippen molar-refractivity contribution in [2.75, 3.05) is 0 Å². The van der Waals surface area contributed by atoms with Crippen molar-refractivity contribution in [1.82, 2.24) is 9.78 Å². The van der Waals surface area contributed by atoms with Crippen molar-refractivity contribution >= 4 is 17.9 Å². The summed E-state index contributed by atoms with van der Waals surface area (Å²) in [4.78, 5) is 15.3. The molecule has 1 aliphatic heterocycles. The lowest BCUT2D eigenvalue weighted by Crippen LogP contribution is -2.17. The molecule has 6 heteroatoms. The first-order chi connectivity index (χ1) is 6.29. The number of nitrogens with zero attached hydrogens (tertiary/aromatic N) is 3. The van der Waals surface area contributed by atoms with Gasteiger partial charge in [-0.3, -0.25) is 0 Å². The highest BCUT2D eigenvalue weighted by Gasteiger charge is 2.18. The third kappa shape index (κ3) is 1.18. The fourth-order valence-electron chi connectivity index (χ4n) is 0.984. The highest BCUT2D eigenvalue weighted by Crippen LogP contribution is 2.06. The van der Waals surface area contributed by atoms with E-state index in [0.717, 1.165) is 0 Å². The number of rotatable bonds is 1. The van der Waals surface area contributed by atoms with E-state index >= 15 is 0 Å². The molecule has 0 fully saturated rings. The lowest BCUT2D eigenvalue weighted by Gasteiger charge is -1.96. The molecule has 0 bridgehead atoms. The largest absolute Gasteiger partial charge is 0.476 e. The summed E-state index contributed by atoms with van der Waals surface area (Å²) < 4.78 is 1.37. The van der Waals surface area contributed by atoms with Crippen LogP contribution in [0.5, 0.6) is 0 Å². The van der Waals surface area contributed by atoms with E-state index in [0.29, 0.717) is 5.69 Å². The van der Waals surface area contributed by atoms with Crippen molar-refractivity contribution in [2.45, 2.75) is 0 Å². The zero-order chi connectivity index (χ0) is 9.26. The molecule has 0 amide bonds. The molecule has 66 valence electrons. The van der Waals surface area contributed by atoms with Crippen LogP contribution in [0.3, 0.4) is 0 Å². The second kappa shape index (κ2) is 2.74. The second-order valence-corrected chi connectivity index (χ2v) is 2.30. The van der Waals surface area contributed by atoms with Crippen LogP contribution in [-0.4, -0.2) is 26.6 Å². The first-order valence-corrected chi connectivity index (χ1v) is 3.46. The molecular formula is C7H5N3O3. The molecule has 0 aliphatic carbocycles. The molecule has 0 radical (unpaired) electrons. The summed E-state index contributed by atoms with van der Waals surface area (Å²) in [6.07, 6.45) is 4.23. The van der Waals surface area contributed by atoms with Crippen molar-refractivity contribution in [3.8, 4) is 0 Å². The highest BCUT2D eigenvalue weighted by atomic mass is 16.6. The van der Waals surface area contributed by atoms with Gasteiger partial charge in [-0.15, -0.1) is 0 Å². The Morgan fingerprint density at radius 3 is 3.23 bits per heavy atom. The number of carboxylic acid groups (broad SMARTS) is 1. The second-order valence-electron chi connectivity index (χ2n) is 2.30. The fourth-order valence-corrected chi connectivity index (χ4v) is 0.984. The zero-order valence-corrected chi connectivity index (χ0v) is 6.41. The smallest absolute Gasteiger partial charge is 0.360 e. The van der Waals surface area contributed by atoms with E-state index < -0.39 is 5.97 Å². The van der Waals surface area contributed by atoms with Gasteiger partial charge in [0.1, 0.15) is 12.0 Å². The maximum Gasteiger partial charge on any atom is 0.360 e. The first kappa shape index (κ1) is 7.53. The van der Waals surface area contributed by atoms with Crippen LogP contribution >= 0.6 is 0 Å². The molecule has 0 atom stereocenters. The average molecular weight is 179 g/mol. The number of carbonyl (C=O) groups is 1. The Bertz CT molecular complexity index is 405. The van der Waals surface area contributed by atoms with Crippen LogP contribution in [0, 0.1) is 0 Å². The summed E-state index contributed by atoms with van der Waals surface area (Å²) in [5.41, 5.74) is 0.226. The van der Waals surface area contributed by atoms with Crippen LogP contribution in [-0.2, 0) is 9.63 Å². The lowest BCUT2D eigenvalue weighted by molar-refractivity contribution is -0.129. The molecule has 1 aliphatic rings. The summed E-state index contributed by atoms with van der Waals surface area (Å²) in [7, 11) is 0. The Morgan fingerprint density at radius 2 is 2.46 bits per heavy atom. The predicted octanol–water partition coefficient (Wildman–Crippen LogP) is 0.130. The quantitative estimate of drug-likeness (QED) is 0.664. The molecule has 0 saturated heterocycles. The number of hydrogen-bond donors (Lipinski definition) is 1. The topological polar surface area (TPSA) is 76.7 Å². The van der Waals surface area contributed by atoms with Gasteiger partial charge in [0.15, 0.2) is 0 Å². The minimum absolute atomic E-state index is 0.164. The van der Waals surface area contributed by atoms with Crippen LogP contribution in [0.15, 0.2) is 23.7 Å². The standard InChI is InChI=1S/C7H5N3O3/c11-7(12)6-5-1-2-8-10(5)3-4-13-9-6/h1-4H,(H,11,12). The van der Waals surface area contributed by atoms with Gasteiger partial charge < -0.3 is 9.94 Å². The molecule has 0 saturated carbocycles. The fraction of sp³-hybridized carbons (Fsp3) is 0. The van der Waals surface area contributed by atoms with Gasteiger partial charge in [0, 0.05) is 0 Å². The predicted molar refractivity (Wildman–Crippen MR) is 42.8 cm³/mol. The van der Waals surface area contributed by atoms with Crippen LogP contribution in [0.25, 0.3) is 6.20 Å². The van der Waals surface area contributed by atoms with Crippen LogP contribution in [0.1, 0.15) is 5.69 Å². The molecule has 1 aromatic rings. The molecule has 0 spiro atoms. The maximum absolute atomic E-state index is 10.7. The Morgan fingerprint density at radius 1 is 1.62 bits per heavy atom. The molecular weight excluding hydrogens is 174 g/mol. The normalized spacial score (nSPS) is 14.0. The number of aliphatic carboxylic acids is 1. The summed E-state index contributed by atoms with van der Waals surface area (Å²) in [6, 6.07) is 1.55. The molecule has 0 unspecified atom stereocenters. The van der Waals surface area contributed by atoms with E-state index in [1.54, 1.807) is 6.07 Å². The van der Waals surface area contributed by atoms with E-state index in [1.165, 1.54) is 23.3 Å². The van der Waals surface area contributed by atoms with Crippen molar-refractivity contribution in [3.05, 3.63) is 24.2 Å². The van der Waals surface area contributed by atoms with Crippen LogP contribution < -0.4 is 0 Å². The highest BCUT2D eigenvalue weighted by molar-refractivity contribution is 6.42. The van der Waals surface area contributed by atoms with Crippen LogP contribution in [0.2, 0.25) is 0 Å². The summed E-state index contributed by atoms with van der Waals surface area (Å²) >= 11 is 0. The summed E-state index contributed by atoms with van der Waals surface area (Å²) in [5.74, 6) is -1.15. The van der Waals surface area contributed by atoms with Gasteiger partial charge in [0.05, 0.1) is 12.4 Å². The number of fused-ring (bicyclic) bond motifs is 1. The third-order valence-electron chi connectivity index (χ3n) is 1.52. The molecule has 0 aromatic carbocycles. The van der Waals surface area contributed by atoms with Crippen molar-refractivity contribution in [1.29, 1.82) is 0 Å². The Labute approximate surface area is 72.7 Å². The van der Waals surface area contributed by atoms with Crippen LogP contribution in [0.4, 0.5) is 0 Å². The van der Waals surface area contributed by atoms with Gasteiger partial charge in [0.2, 0.25) is 5.71 Å². The third-order valence-corrected chi connectivity index (χ3v) is 1.52. The monoisotopic (exact) mass is 179 g/mol. The maximum atomic E-state index is 10.7. The Balaban J connectivity index is 2.56. The number of hydrogen-bond acceptors (Lipinski definition) is 4. The van der Waals surface area contributed by atoms with Crippen molar-refractivity contribution in [3.63, 3.8) is 0 Å². The van der Waals surface area contributed by atoms with Gasteiger partial charge in [-0.1, -0.05) is 5.16 Å². The molecule has 2 heterocycles. The Kier molecular flexibility index (Phi) is 1.59. The Hall–Kier alpha value is -2.11. The molecule has 2 rings (SSSR count). The van der Waals surface area contributed by atoms with Gasteiger partial charge in [-0.25, -0.2) is 9.48 Å². The van der Waals surface area contributed by atoms with E-state index in [-0.39, 0.29) is 5.71 Å². The van der Waals surface area contributed by atoms with Crippen molar-refractivity contribution < 1.29 is 14.7 Å².